The van der Waals surface area contributed by atoms with E-state index >= 15 is 0 Å². The number of carboxylic acid groups (broad SMARTS) is 2. The lowest BCUT2D eigenvalue weighted by Gasteiger charge is -2.31. The van der Waals surface area contributed by atoms with E-state index < -0.39 is 22.0 Å². The van der Waals surface area contributed by atoms with Gasteiger partial charge in [0.2, 0.25) is 15.9 Å². The molecule has 0 atom stereocenters. The van der Waals surface area contributed by atoms with E-state index in [1.165, 1.54) is 9.87 Å². The molecule has 0 radical (unpaired) electrons. The average molecular weight is 548 g/mol. The van der Waals surface area contributed by atoms with Gasteiger partial charge in [0.15, 0.2) is 0 Å². The van der Waals surface area contributed by atoms with Crippen LogP contribution in [-0.4, -0.2) is 78.4 Å². The number of hydrogen-bond donors (Lipinski definition) is 3. The van der Waals surface area contributed by atoms with Crippen LogP contribution in [-0.2, 0) is 30.8 Å². The third-order valence-electron chi connectivity index (χ3n) is 6.42. The normalized spacial score (nSPS) is 14.4. The molecule has 0 saturated carbocycles. The first kappa shape index (κ1) is 30.9. The first-order chi connectivity index (χ1) is 18.0. The number of aryl methyl sites for hydroxylation is 1. The summed E-state index contributed by atoms with van der Waals surface area (Å²) in [5, 5.41) is 17.7. The summed E-state index contributed by atoms with van der Waals surface area (Å²) in [7, 11) is -3.58. The molecule has 1 amide bonds. The zero-order chi connectivity index (χ0) is 28.3. The van der Waals surface area contributed by atoms with E-state index in [4.69, 9.17) is 19.8 Å². The second-order valence-corrected chi connectivity index (χ2v) is 11.0. The molecule has 1 aliphatic heterocycles. The van der Waals surface area contributed by atoms with Crippen molar-refractivity contribution in [1.82, 2.24) is 9.21 Å². The Bertz CT molecular complexity index is 1180. The summed E-state index contributed by atoms with van der Waals surface area (Å²) in [5.74, 6) is -3.10. The summed E-state index contributed by atoms with van der Waals surface area (Å²) < 4.78 is 27.3. The predicted octanol–water partition coefficient (Wildman–Crippen LogP) is 3.07. The molecule has 10 nitrogen and oxygen atoms in total. The number of likely N-dealkylation sites (tertiary alicyclic amines) is 1. The minimum Gasteiger partial charge on any atom is -0.473 e. The Kier molecular flexibility index (Phi) is 11.9. The average Bonchev–Trinajstić information content (AvgIpc) is 2.88. The molecule has 38 heavy (non-hydrogen) atoms. The standard InChI is InChI=1S/C25H35N3O3S.C2H2O4/c1-4-28(5-2)32(30,31)24-18-23(12-11-20(24)3)26-25(29)19-27-15-13-22(14-16-27)17-21-9-7-6-8-10-21;3-1(4)2(5)6/h6-12,18,22H,4-5,13-17,19H2,1-3H3,(H,26,29);(H,3,4)(H,5,6). The van der Waals surface area contributed by atoms with E-state index in [9.17, 15) is 13.2 Å². The lowest BCUT2D eigenvalue weighted by atomic mass is 9.90. The van der Waals surface area contributed by atoms with Crippen LogP contribution >= 0.6 is 0 Å². The van der Waals surface area contributed by atoms with E-state index in [0.717, 1.165) is 32.4 Å². The van der Waals surface area contributed by atoms with Crippen molar-refractivity contribution in [2.75, 3.05) is 38.0 Å². The van der Waals surface area contributed by atoms with Gasteiger partial charge >= 0.3 is 11.9 Å². The van der Waals surface area contributed by atoms with Crippen LogP contribution in [0.5, 0.6) is 0 Å². The van der Waals surface area contributed by atoms with Crippen molar-refractivity contribution in [3.63, 3.8) is 0 Å². The second-order valence-electron chi connectivity index (χ2n) is 9.14. The van der Waals surface area contributed by atoms with Crippen molar-refractivity contribution >= 4 is 33.6 Å². The molecule has 2 aromatic carbocycles. The van der Waals surface area contributed by atoms with Crippen LogP contribution in [0.25, 0.3) is 0 Å². The van der Waals surface area contributed by atoms with Crippen LogP contribution in [0.15, 0.2) is 53.4 Å². The first-order valence-electron chi connectivity index (χ1n) is 12.6. The van der Waals surface area contributed by atoms with E-state index in [0.29, 0.717) is 36.8 Å². The topological polar surface area (TPSA) is 144 Å². The van der Waals surface area contributed by atoms with Gasteiger partial charge in [0.1, 0.15) is 0 Å². The Hall–Kier alpha value is -3.28. The van der Waals surface area contributed by atoms with Gasteiger partial charge in [-0.3, -0.25) is 9.69 Å². The number of rotatable bonds is 9. The highest BCUT2D eigenvalue weighted by Crippen LogP contribution is 2.24. The third-order valence-corrected chi connectivity index (χ3v) is 8.61. The number of nitrogens with zero attached hydrogens (tertiary/aromatic N) is 2. The van der Waals surface area contributed by atoms with Gasteiger partial charge < -0.3 is 15.5 Å². The Morgan fingerprint density at radius 2 is 1.55 bits per heavy atom. The summed E-state index contributed by atoms with van der Waals surface area (Å²) in [6.45, 7) is 8.38. The number of carbonyl (C=O) groups excluding carboxylic acids is 1. The van der Waals surface area contributed by atoms with Crippen molar-refractivity contribution in [3.05, 3.63) is 59.7 Å². The van der Waals surface area contributed by atoms with Crippen LogP contribution in [0.4, 0.5) is 5.69 Å². The Labute approximate surface area is 224 Å². The predicted molar refractivity (Wildman–Crippen MR) is 144 cm³/mol. The van der Waals surface area contributed by atoms with Crippen LogP contribution in [0.3, 0.4) is 0 Å². The molecule has 1 heterocycles. The summed E-state index contributed by atoms with van der Waals surface area (Å²) in [5.41, 5.74) is 2.57. The molecule has 208 valence electrons. The van der Waals surface area contributed by atoms with Crippen molar-refractivity contribution in [2.45, 2.75) is 44.9 Å². The van der Waals surface area contributed by atoms with Crippen molar-refractivity contribution < 1.29 is 33.0 Å². The largest absolute Gasteiger partial charge is 0.473 e. The second kappa shape index (κ2) is 14.6. The molecule has 1 aliphatic rings. The summed E-state index contributed by atoms with van der Waals surface area (Å²) in [6, 6.07) is 15.7. The number of benzene rings is 2. The maximum Gasteiger partial charge on any atom is 0.414 e. The Balaban J connectivity index is 0.000000757. The van der Waals surface area contributed by atoms with Crippen LogP contribution < -0.4 is 5.32 Å². The van der Waals surface area contributed by atoms with Crippen molar-refractivity contribution in [1.29, 1.82) is 0 Å². The molecule has 11 heteroatoms. The fraction of sp³-hybridized carbons (Fsp3) is 0.444. The number of anilines is 1. The van der Waals surface area contributed by atoms with Gasteiger partial charge in [-0.25, -0.2) is 18.0 Å². The lowest BCUT2D eigenvalue weighted by molar-refractivity contribution is -0.159. The maximum absolute atomic E-state index is 12.9. The first-order valence-corrected chi connectivity index (χ1v) is 14.0. The maximum atomic E-state index is 12.9. The SMILES string of the molecule is CCN(CC)S(=O)(=O)c1cc(NC(=O)CN2CCC(Cc3ccccc3)CC2)ccc1C.O=C(O)C(=O)O. The molecular weight excluding hydrogens is 510 g/mol. The molecule has 2 aromatic rings. The number of aliphatic carboxylic acids is 2. The van der Waals surface area contributed by atoms with Gasteiger partial charge in [-0.15, -0.1) is 0 Å². The van der Waals surface area contributed by atoms with Gasteiger partial charge in [-0.2, -0.15) is 4.31 Å². The fourth-order valence-corrected chi connectivity index (χ4v) is 6.07. The highest BCUT2D eigenvalue weighted by atomic mass is 32.2. The quantitative estimate of drug-likeness (QED) is 0.406. The number of carbonyl (C=O) groups is 3. The van der Waals surface area contributed by atoms with E-state index in [1.807, 2.05) is 19.9 Å². The monoisotopic (exact) mass is 547 g/mol. The molecule has 0 aliphatic carbocycles. The zero-order valence-corrected chi connectivity index (χ0v) is 22.9. The van der Waals surface area contributed by atoms with Gasteiger partial charge in [0, 0.05) is 18.8 Å². The van der Waals surface area contributed by atoms with Crippen LogP contribution in [0.1, 0.15) is 37.8 Å². The molecule has 0 bridgehead atoms. The smallest absolute Gasteiger partial charge is 0.414 e. The third kappa shape index (κ3) is 9.23. The highest BCUT2D eigenvalue weighted by molar-refractivity contribution is 7.89. The van der Waals surface area contributed by atoms with Gasteiger partial charge in [-0.1, -0.05) is 50.2 Å². The number of carboxylic acids is 2. The summed E-state index contributed by atoms with van der Waals surface area (Å²) >= 11 is 0. The van der Waals surface area contributed by atoms with Crippen molar-refractivity contribution in [2.24, 2.45) is 5.92 Å². The molecule has 0 aromatic heterocycles. The van der Waals surface area contributed by atoms with Gasteiger partial charge in [-0.05, 0) is 68.5 Å². The minimum absolute atomic E-state index is 0.110. The molecule has 3 N–H and O–H groups in total. The zero-order valence-electron chi connectivity index (χ0n) is 22.1. The Morgan fingerprint density at radius 3 is 2.08 bits per heavy atom. The minimum atomic E-state index is -3.58. The highest BCUT2D eigenvalue weighted by Gasteiger charge is 2.25. The Morgan fingerprint density at radius 1 is 0.974 bits per heavy atom. The molecule has 3 rings (SSSR count). The number of hydrogen-bond acceptors (Lipinski definition) is 6. The van der Waals surface area contributed by atoms with E-state index in [1.54, 1.807) is 25.1 Å². The fourth-order valence-electron chi connectivity index (χ4n) is 4.36. The van der Waals surface area contributed by atoms with Crippen LogP contribution in [0, 0.1) is 12.8 Å². The molecule has 0 unspecified atom stereocenters. The molecule has 1 saturated heterocycles. The molecular formula is C27H37N3O7S. The van der Waals surface area contributed by atoms with Crippen LogP contribution in [0.2, 0.25) is 0 Å². The number of piperidine rings is 1. The summed E-state index contributed by atoms with van der Waals surface area (Å²) in [6.07, 6.45) is 3.26. The molecule has 0 spiro atoms. The van der Waals surface area contributed by atoms with E-state index in [2.05, 4.69) is 34.5 Å². The molecule has 1 fully saturated rings. The number of sulfonamides is 1. The lowest BCUT2D eigenvalue weighted by Crippen LogP contribution is -2.39. The number of nitrogens with one attached hydrogen (secondary N) is 1. The summed E-state index contributed by atoms with van der Waals surface area (Å²) in [4.78, 5) is 33.3. The van der Waals surface area contributed by atoms with Gasteiger partial charge in [0.25, 0.3) is 0 Å². The number of amides is 1. The van der Waals surface area contributed by atoms with Crippen molar-refractivity contribution in [3.8, 4) is 0 Å². The van der Waals surface area contributed by atoms with E-state index in [-0.39, 0.29) is 10.8 Å². The van der Waals surface area contributed by atoms with Gasteiger partial charge in [0.05, 0.1) is 11.4 Å².